The Morgan fingerprint density at radius 3 is 1.74 bits per heavy atom. The first-order valence-electron chi connectivity index (χ1n) is 9.32. The van der Waals surface area contributed by atoms with Crippen LogP contribution >= 0.6 is 0 Å². The number of rotatable bonds is 0. The number of benzene rings is 4. The molecule has 0 radical (unpaired) electrons. The molecule has 4 aromatic rings. The van der Waals surface area contributed by atoms with Gasteiger partial charge in [0.15, 0.2) is 0 Å². The van der Waals surface area contributed by atoms with Gasteiger partial charge in [-0.1, -0.05) is 78.4 Å². The summed E-state index contributed by atoms with van der Waals surface area (Å²) in [6, 6.07) is 29.1. The second kappa shape index (κ2) is 4.95. The van der Waals surface area contributed by atoms with Crippen LogP contribution in [0.2, 0.25) is 0 Å². The van der Waals surface area contributed by atoms with Crippen molar-refractivity contribution in [2.24, 2.45) is 0 Å². The van der Waals surface area contributed by atoms with Crippen LogP contribution in [0, 0.1) is 12.7 Å². The van der Waals surface area contributed by atoms with Crippen molar-refractivity contribution < 1.29 is 4.39 Å². The predicted octanol–water partition coefficient (Wildman–Crippen LogP) is 6.48. The van der Waals surface area contributed by atoms with Crippen LogP contribution < -0.4 is 0 Å². The van der Waals surface area contributed by atoms with E-state index in [-0.39, 0.29) is 5.82 Å². The van der Waals surface area contributed by atoms with Gasteiger partial charge in [0.25, 0.3) is 0 Å². The lowest BCUT2D eigenvalue weighted by molar-refractivity contribution is 0.622. The molecule has 0 aromatic heterocycles. The molecule has 27 heavy (non-hydrogen) atoms. The molecule has 0 atom stereocenters. The van der Waals surface area contributed by atoms with E-state index in [0.29, 0.717) is 0 Å². The highest BCUT2D eigenvalue weighted by molar-refractivity contribution is 5.94. The lowest BCUT2D eigenvalue weighted by Gasteiger charge is -2.30. The van der Waals surface area contributed by atoms with E-state index >= 15 is 0 Å². The Bertz CT molecular complexity index is 1150. The molecule has 0 saturated heterocycles. The SMILES string of the molecule is Cc1ccc2c(c1)C1(c3ccccc3-c3ccccc31)c1cc(F)ccc1-2. The lowest BCUT2D eigenvalue weighted by atomic mass is 9.70. The van der Waals surface area contributed by atoms with Crippen molar-refractivity contribution in [3.8, 4) is 22.3 Å². The maximum Gasteiger partial charge on any atom is 0.123 e. The molecule has 1 spiro atoms. The second-order valence-corrected chi connectivity index (χ2v) is 7.58. The van der Waals surface area contributed by atoms with Crippen LogP contribution in [0.4, 0.5) is 4.39 Å². The van der Waals surface area contributed by atoms with Gasteiger partial charge in [0.1, 0.15) is 5.82 Å². The largest absolute Gasteiger partial charge is 0.207 e. The zero-order chi connectivity index (χ0) is 18.2. The molecule has 0 nitrogen and oxygen atoms in total. The van der Waals surface area contributed by atoms with Gasteiger partial charge in [0, 0.05) is 0 Å². The van der Waals surface area contributed by atoms with E-state index in [1.54, 1.807) is 12.1 Å². The van der Waals surface area contributed by atoms with E-state index in [9.17, 15) is 4.39 Å². The Kier molecular flexibility index (Phi) is 2.74. The van der Waals surface area contributed by atoms with Gasteiger partial charge in [-0.2, -0.15) is 0 Å². The number of fused-ring (bicyclic) bond motifs is 10. The molecule has 0 unspecified atom stereocenters. The molecule has 0 heterocycles. The van der Waals surface area contributed by atoms with E-state index in [1.165, 1.54) is 38.9 Å². The van der Waals surface area contributed by atoms with Crippen LogP contribution in [-0.2, 0) is 5.41 Å². The van der Waals surface area contributed by atoms with Crippen LogP contribution in [0.25, 0.3) is 22.3 Å². The highest BCUT2D eigenvalue weighted by Crippen LogP contribution is 2.62. The molecule has 0 amide bonds. The average Bonchev–Trinajstić information content (AvgIpc) is 3.14. The smallest absolute Gasteiger partial charge is 0.123 e. The summed E-state index contributed by atoms with van der Waals surface area (Å²) in [7, 11) is 0. The fourth-order valence-corrected chi connectivity index (χ4v) is 5.23. The molecule has 1 heteroatoms. The standard InChI is InChI=1S/C26H17F/c1-16-10-12-20-21-13-11-17(27)15-25(21)26(24(20)14-16)22-8-4-2-6-18(22)19-7-3-5-9-23(19)26/h2-15H,1H3. The Morgan fingerprint density at radius 1 is 0.556 bits per heavy atom. The van der Waals surface area contributed by atoms with Crippen LogP contribution in [0.15, 0.2) is 84.9 Å². The Balaban J connectivity index is 1.88. The number of hydrogen-bond acceptors (Lipinski definition) is 0. The van der Waals surface area contributed by atoms with Crippen molar-refractivity contribution in [2.45, 2.75) is 12.3 Å². The predicted molar refractivity (Wildman–Crippen MR) is 107 cm³/mol. The molecule has 2 aliphatic carbocycles. The molecule has 0 N–H and O–H groups in total. The lowest BCUT2D eigenvalue weighted by Crippen LogP contribution is -2.26. The minimum absolute atomic E-state index is 0.181. The first-order valence-corrected chi connectivity index (χ1v) is 9.32. The third-order valence-electron chi connectivity index (χ3n) is 6.21. The molecule has 6 rings (SSSR count). The van der Waals surface area contributed by atoms with Crippen LogP contribution in [-0.4, -0.2) is 0 Å². The maximum atomic E-state index is 14.5. The summed E-state index contributed by atoms with van der Waals surface area (Å²) < 4.78 is 14.5. The third kappa shape index (κ3) is 1.67. The summed E-state index contributed by atoms with van der Waals surface area (Å²) in [4.78, 5) is 0. The Labute approximate surface area is 157 Å². The maximum absolute atomic E-state index is 14.5. The van der Waals surface area contributed by atoms with E-state index < -0.39 is 5.41 Å². The second-order valence-electron chi connectivity index (χ2n) is 7.58. The zero-order valence-electron chi connectivity index (χ0n) is 15.0. The van der Waals surface area contributed by atoms with Crippen molar-refractivity contribution in [1.82, 2.24) is 0 Å². The molecule has 0 aliphatic heterocycles. The minimum atomic E-state index is -0.439. The van der Waals surface area contributed by atoms with Crippen molar-refractivity contribution >= 4 is 0 Å². The molecule has 2 aliphatic rings. The highest BCUT2D eigenvalue weighted by Gasteiger charge is 2.51. The van der Waals surface area contributed by atoms with Crippen LogP contribution in [0.1, 0.15) is 27.8 Å². The van der Waals surface area contributed by atoms with E-state index in [4.69, 9.17) is 0 Å². The molecule has 128 valence electrons. The van der Waals surface area contributed by atoms with Gasteiger partial charge in [0.05, 0.1) is 5.41 Å². The first-order chi connectivity index (χ1) is 13.2. The van der Waals surface area contributed by atoms with Crippen molar-refractivity contribution in [2.75, 3.05) is 0 Å². The van der Waals surface area contributed by atoms with Gasteiger partial charge >= 0.3 is 0 Å². The summed E-state index contributed by atoms with van der Waals surface area (Å²) in [5, 5.41) is 0. The van der Waals surface area contributed by atoms with E-state index in [2.05, 4.69) is 73.7 Å². The highest BCUT2D eigenvalue weighted by atomic mass is 19.1. The van der Waals surface area contributed by atoms with Gasteiger partial charge in [0.2, 0.25) is 0 Å². The summed E-state index contributed by atoms with van der Waals surface area (Å²) in [5.74, 6) is -0.181. The van der Waals surface area contributed by atoms with Crippen LogP contribution in [0.3, 0.4) is 0 Å². The Hall–Kier alpha value is -3.19. The van der Waals surface area contributed by atoms with Gasteiger partial charge in [-0.15, -0.1) is 0 Å². The summed E-state index contributed by atoms with van der Waals surface area (Å²) >= 11 is 0. The fourth-order valence-electron chi connectivity index (χ4n) is 5.23. The summed E-state index contributed by atoms with van der Waals surface area (Å²) in [5.41, 5.74) is 10.5. The molecular weight excluding hydrogens is 331 g/mol. The number of hydrogen-bond donors (Lipinski definition) is 0. The van der Waals surface area contributed by atoms with Crippen molar-refractivity contribution in [3.05, 3.63) is 119 Å². The summed E-state index contributed by atoms with van der Waals surface area (Å²) in [6.45, 7) is 2.13. The molecule has 0 saturated carbocycles. The first kappa shape index (κ1) is 14.9. The van der Waals surface area contributed by atoms with Crippen molar-refractivity contribution in [1.29, 1.82) is 0 Å². The third-order valence-corrected chi connectivity index (χ3v) is 6.21. The topological polar surface area (TPSA) is 0 Å². The zero-order valence-corrected chi connectivity index (χ0v) is 15.0. The monoisotopic (exact) mass is 348 g/mol. The molecule has 4 aromatic carbocycles. The van der Waals surface area contributed by atoms with E-state index in [0.717, 1.165) is 11.1 Å². The summed E-state index contributed by atoms with van der Waals surface area (Å²) in [6.07, 6.45) is 0. The van der Waals surface area contributed by atoms with Gasteiger partial charge in [-0.3, -0.25) is 0 Å². The number of aryl methyl sites for hydroxylation is 1. The average molecular weight is 348 g/mol. The Morgan fingerprint density at radius 2 is 1.07 bits per heavy atom. The molecule has 0 bridgehead atoms. The van der Waals surface area contributed by atoms with Gasteiger partial charge < -0.3 is 0 Å². The van der Waals surface area contributed by atoms with Crippen LogP contribution in [0.5, 0.6) is 0 Å². The minimum Gasteiger partial charge on any atom is -0.207 e. The fraction of sp³-hybridized carbons (Fsp3) is 0.0769. The quantitative estimate of drug-likeness (QED) is 0.295. The van der Waals surface area contributed by atoms with Gasteiger partial charge in [-0.25, -0.2) is 4.39 Å². The normalized spacial score (nSPS) is 14.6. The van der Waals surface area contributed by atoms with Crippen molar-refractivity contribution in [3.63, 3.8) is 0 Å². The van der Waals surface area contributed by atoms with Gasteiger partial charge in [-0.05, 0) is 63.6 Å². The molecular formula is C26H17F. The van der Waals surface area contributed by atoms with E-state index in [1.807, 2.05) is 6.07 Å². The molecule has 0 fully saturated rings. The number of halogens is 1.